The number of carboxylic acids is 1. The van der Waals surface area contributed by atoms with Crippen LogP contribution in [0.1, 0.15) is 11.8 Å². The molecule has 0 atom stereocenters. The summed E-state index contributed by atoms with van der Waals surface area (Å²) in [6, 6.07) is 10.9. The number of anilines is 1. The third kappa shape index (κ3) is 7.55. The van der Waals surface area contributed by atoms with Crippen LogP contribution < -0.4 is 4.31 Å². The highest BCUT2D eigenvalue weighted by atomic mass is 32.2. The normalized spacial score (nSPS) is 15.3. The third-order valence-corrected chi connectivity index (χ3v) is 12.6. The van der Waals surface area contributed by atoms with Gasteiger partial charge >= 0.3 is 12.1 Å². The number of carboxylic acid groups (broad SMARTS) is 1. The molecule has 3 aromatic heterocycles. The number of nitrogens with zero attached hydrogens (tertiary/aromatic N) is 4. The van der Waals surface area contributed by atoms with E-state index in [0.29, 0.717) is 42.6 Å². The average molecular weight is 680 g/mol. The second-order valence-corrected chi connectivity index (χ2v) is 15.9. The molecular weight excluding hydrogens is 652 g/mol. The number of carbonyl (C=O) groups is 1. The number of rotatable bonds is 8. The monoisotopic (exact) mass is 679 g/mol. The number of benzene rings is 1. The number of halogens is 3. The summed E-state index contributed by atoms with van der Waals surface area (Å²) in [5.41, 5.74) is 2.14. The van der Waals surface area contributed by atoms with Crippen molar-refractivity contribution in [2.45, 2.75) is 23.9 Å². The van der Waals surface area contributed by atoms with Crippen molar-refractivity contribution >= 4 is 65.3 Å². The van der Waals surface area contributed by atoms with Crippen LogP contribution >= 0.6 is 22.7 Å². The predicted octanol–water partition coefficient (Wildman–Crippen LogP) is 4.28. The van der Waals surface area contributed by atoms with Crippen molar-refractivity contribution in [3.63, 3.8) is 0 Å². The van der Waals surface area contributed by atoms with Gasteiger partial charge in [-0.25, -0.2) is 26.6 Å². The molecule has 1 aromatic carbocycles. The van der Waals surface area contributed by atoms with E-state index in [0.717, 1.165) is 26.5 Å². The Hall–Kier alpha value is -3.03. The van der Waals surface area contributed by atoms with Gasteiger partial charge in [0.25, 0.3) is 10.0 Å². The molecule has 1 aliphatic rings. The fraction of sp³-hybridized carbons (Fsp3) is 0.360. The second-order valence-electron chi connectivity index (χ2n) is 9.34. The lowest BCUT2D eigenvalue weighted by molar-refractivity contribution is -0.192. The molecule has 0 unspecified atom stereocenters. The molecule has 1 aliphatic heterocycles. The van der Waals surface area contributed by atoms with E-state index in [1.54, 1.807) is 53.2 Å². The molecule has 43 heavy (non-hydrogen) atoms. The molecule has 11 nitrogen and oxygen atoms in total. The smallest absolute Gasteiger partial charge is 0.475 e. The molecule has 234 valence electrons. The lowest BCUT2D eigenvalue weighted by atomic mass is 10.2. The van der Waals surface area contributed by atoms with Gasteiger partial charge in [-0.15, -0.1) is 22.7 Å². The van der Waals surface area contributed by atoms with Gasteiger partial charge in [0.05, 0.1) is 22.7 Å². The zero-order valence-corrected chi connectivity index (χ0v) is 26.2. The standard InChI is InChI=1S/C23H27N5O4S4.C2HF3O2/c1-3-35(29,30)28-11-9-27(10-12-28)16-18-15-24-23(34-18)19-14-17-6-4-7-20(22(17)25-19)26(2)36(31,32)21-8-5-13-33-21;3-2(4,5)1(6)7/h4-8,13-15,25H,3,9-12,16H2,1-2H3;(H,6,7). The SMILES string of the molecule is CCS(=O)(=O)N1CCN(Cc2cnc(-c3cc4cccc(N(C)S(=O)(=O)c5cccs5)c4[nH]3)s2)CC1.O=C(O)C(F)(F)F. The Balaban J connectivity index is 0.000000541. The van der Waals surface area contributed by atoms with Crippen molar-refractivity contribution in [3.05, 3.63) is 52.9 Å². The first kappa shape index (κ1) is 32.9. The highest BCUT2D eigenvalue weighted by molar-refractivity contribution is 7.94. The van der Waals surface area contributed by atoms with Crippen LogP contribution in [0.25, 0.3) is 21.6 Å². The quantitative estimate of drug-likeness (QED) is 0.281. The lowest BCUT2D eigenvalue weighted by Crippen LogP contribution is -2.48. The number of piperazine rings is 1. The van der Waals surface area contributed by atoms with Gasteiger partial charge in [0.2, 0.25) is 10.0 Å². The van der Waals surface area contributed by atoms with E-state index in [1.807, 2.05) is 24.4 Å². The predicted molar refractivity (Wildman–Crippen MR) is 159 cm³/mol. The van der Waals surface area contributed by atoms with Crippen LogP contribution in [0.4, 0.5) is 18.9 Å². The summed E-state index contributed by atoms with van der Waals surface area (Å²) < 4.78 is 85.2. The number of H-pyrrole nitrogens is 1. The van der Waals surface area contributed by atoms with Gasteiger partial charge in [-0.2, -0.15) is 17.5 Å². The Kier molecular flexibility index (Phi) is 9.87. The summed E-state index contributed by atoms with van der Waals surface area (Å²) in [5, 5.41) is 10.6. The Morgan fingerprint density at radius 2 is 1.79 bits per heavy atom. The maximum atomic E-state index is 13.1. The van der Waals surface area contributed by atoms with E-state index >= 15 is 0 Å². The van der Waals surface area contributed by atoms with Crippen LogP contribution in [0.2, 0.25) is 0 Å². The van der Waals surface area contributed by atoms with E-state index in [9.17, 15) is 30.0 Å². The number of para-hydroxylation sites is 1. The Morgan fingerprint density at radius 1 is 1.12 bits per heavy atom. The van der Waals surface area contributed by atoms with Gasteiger partial charge in [0.15, 0.2) is 0 Å². The molecule has 2 N–H and O–H groups in total. The minimum atomic E-state index is -5.08. The first-order valence-corrected chi connectivity index (χ1v) is 17.5. The van der Waals surface area contributed by atoms with Crippen LogP contribution in [0.5, 0.6) is 0 Å². The largest absolute Gasteiger partial charge is 0.490 e. The topological polar surface area (TPSA) is 144 Å². The zero-order valence-electron chi connectivity index (χ0n) is 22.9. The van der Waals surface area contributed by atoms with E-state index in [2.05, 4.69) is 14.9 Å². The van der Waals surface area contributed by atoms with Crippen molar-refractivity contribution in [1.29, 1.82) is 0 Å². The number of nitrogens with one attached hydrogen (secondary N) is 1. The van der Waals surface area contributed by atoms with E-state index in [4.69, 9.17) is 9.90 Å². The summed E-state index contributed by atoms with van der Waals surface area (Å²) in [7, 11) is -5.23. The fourth-order valence-corrected chi connectivity index (χ4v) is 8.65. The number of aromatic amines is 1. The van der Waals surface area contributed by atoms with E-state index in [-0.39, 0.29) is 5.75 Å². The molecule has 0 radical (unpaired) electrons. The molecule has 18 heteroatoms. The summed E-state index contributed by atoms with van der Waals surface area (Å²) >= 11 is 2.77. The van der Waals surface area contributed by atoms with Crippen molar-refractivity contribution in [3.8, 4) is 10.7 Å². The number of aromatic nitrogens is 2. The Morgan fingerprint density at radius 3 is 2.37 bits per heavy atom. The number of thiazole rings is 1. The first-order chi connectivity index (χ1) is 20.1. The van der Waals surface area contributed by atoms with Crippen molar-refractivity contribution in [2.75, 3.05) is 43.3 Å². The van der Waals surface area contributed by atoms with Gasteiger partial charge in [0.1, 0.15) is 9.22 Å². The van der Waals surface area contributed by atoms with Gasteiger partial charge in [0, 0.05) is 56.2 Å². The summed E-state index contributed by atoms with van der Waals surface area (Å²) in [5.74, 6) is -2.62. The summed E-state index contributed by atoms with van der Waals surface area (Å²) in [4.78, 5) is 20.2. The zero-order chi connectivity index (χ0) is 31.6. The maximum Gasteiger partial charge on any atom is 0.490 e. The molecule has 4 aromatic rings. The molecule has 1 saturated heterocycles. The van der Waals surface area contributed by atoms with Crippen molar-refractivity contribution in [2.24, 2.45) is 0 Å². The number of alkyl halides is 3. The van der Waals surface area contributed by atoms with Crippen LogP contribution in [-0.2, 0) is 31.4 Å². The fourth-order valence-electron chi connectivity index (χ4n) is 4.27. The van der Waals surface area contributed by atoms with Crippen LogP contribution in [-0.4, -0.2) is 92.2 Å². The van der Waals surface area contributed by atoms with Gasteiger partial charge in [-0.1, -0.05) is 18.2 Å². The third-order valence-electron chi connectivity index (χ3n) is 6.58. The highest BCUT2D eigenvalue weighted by Gasteiger charge is 2.38. The van der Waals surface area contributed by atoms with Crippen LogP contribution in [0, 0.1) is 0 Å². The van der Waals surface area contributed by atoms with Crippen molar-refractivity contribution in [1.82, 2.24) is 19.2 Å². The number of aliphatic carboxylic acids is 1. The number of sulfonamides is 2. The van der Waals surface area contributed by atoms with Gasteiger partial charge < -0.3 is 10.1 Å². The molecule has 0 bridgehead atoms. The van der Waals surface area contributed by atoms with Gasteiger partial charge in [-0.05, 0) is 30.5 Å². The molecule has 1 fully saturated rings. The number of thiophene rings is 1. The summed E-state index contributed by atoms with van der Waals surface area (Å²) in [6.45, 7) is 4.78. The average Bonchev–Trinajstić information content (AvgIpc) is 3.74. The maximum absolute atomic E-state index is 13.1. The number of hydrogen-bond acceptors (Lipinski definition) is 9. The van der Waals surface area contributed by atoms with Crippen molar-refractivity contribution < 1.29 is 39.9 Å². The van der Waals surface area contributed by atoms with E-state index in [1.165, 1.54) is 15.6 Å². The molecule has 0 amide bonds. The molecule has 0 spiro atoms. The first-order valence-electron chi connectivity index (χ1n) is 12.7. The lowest BCUT2D eigenvalue weighted by Gasteiger charge is -2.33. The Bertz CT molecular complexity index is 1780. The Labute approximate surface area is 254 Å². The van der Waals surface area contributed by atoms with Gasteiger partial charge in [-0.3, -0.25) is 9.21 Å². The molecule has 4 heterocycles. The highest BCUT2D eigenvalue weighted by Crippen LogP contribution is 2.35. The molecule has 5 rings (SSSR count). The minimum absolute atomic E-state index is 0.132. The molecule has 0 saturated carbocycles. The second kappa shape index (κ2) is 12.9. The summed E-state index contributed by atoms with van der Waals surface area (Å²) in [6.07, 6.45) is -3.23. The van der Waals surface area contributed by atoms with Crippen LogP contribution in [0.15, 0.2) is 52.2 Å². The number of hydrogen-bond donors (Lipinski definition) is 2. The number of fused-ring (bicyclic) bond motifs is 1. The van der Waals surface area contributed by atoms with Crippen LogP contribution in [0.3, 0.4) is 0 Å². The molecular formula is C25H28F3N5O6S4. The van der Waals surface area contributed by atoms with E-state index < -0.39 is 32.2 Å². The molecule has 0 aliphatic carbocycles. The minimum Gasteiger partial charge on any atom is -0.475 e.